The van der Waals surface area contributed by atoms with Gasteiger partial charge < -0.3 is 16.0 Å². The molecule has 1 aromatic rings. The van der Waals surface area contributed by atoms with Crippen LogP contribution in [0.1, 0.15) is 13.8 Å². The molecule has 0 fully saturated rings. The van der Waals surface area contributed by atoms with Gasteiger partial charge in [0.05, 0.1) is 23.5 Å². The van der Waals surface area contributed by atoms with E-state index in [1.807, 2.05) is 38.9 Å². The summed E-state index contributed by atoms with van der Waals surface area (Å²) in [5.41, 5.74) is 7.33. The number of hydrogen-bond donors (Lipinski definition) is 2. The highest BCUT2D eigenvalue weighted by molar-refractivity contribution is 5.95. The normalized spacial score (nSPS) is 13.9. The van der Waals surface area contributed by atoms with Crippen molar-refractivity contribution in [3.63, 3.8) is 0 Å². The fraction of sp³-hybridized carbons (Fsp3) is 0.500. The van der Waals surface area contributed by atoms with Gasteiger partial charge in [-0.05, 0) is 13.0 Å². The zero-order valence-electron chi connectivity index (χ0n) is 10.8. The number of amides is 1. The van der Waals surface area contributed by atoms with Crippen molar-refractivity contribution in [1.29, 1.82) is 0 Å². The summed E-state index contributed by atoms with van der Waals surface area (Å²) in [6, 6.07) is 1.68. The minimum atomic E-state index is -0.231. The van der Waals surface area contributed by atoms with Gasteiger partial charge in [0, 0.05) is 26.3 Å². The number of nitrogens with one attached hydrogen (secondary N) is 1. The van der Waals surface area contributed by atoms with E-state index in [1.165, 1.54) is 0 Å². The second-order valence-corrected chi connectivity index (χ2v) is 4.42. The molecule has 17 heavy (non-hydrogen) atoms. The predicted octanol–water partition coefficient (Wildman–Crippen LogP) is 1.07. The van der Waals surface area contributed by atoms with Crippen LogP contribution in [-0.4, -0.2) is 31.0 Å². The molecule has 0 saturated heterocycles. The molecule has 0 saturated carbocycles. The van der Waals surface area contributed by atoms with Gasteiger partial charge in [-0.25, -0.2) is 0 Å². The number of carbonyl (C=O) groups is 1. The van der Waals surface area contributed by atoms with Gasteiger partial charge in [0.25, 0.3) is 0 Å². The van der Waals surface area contributed by atoms with Crippen LogP contribution in [0, 0.1) is 5.92 Å². The van der Waals surface area contributed by atoms with Crippen LogP contribution in [0.15, 0.2) is 18.5 Å². The number of pyridine rings is 1. The summed E-state index contributed by atoms with van der Waals surface area (Å²) in [5, 5.41) is 2.85. The molecule has 0 bridgehead atoms. The maximum absolute atomic E-state index is 11.9. The maximum atomic E-state index is 11.9. The van der Waals surface area contributed by atoms with Crippen LogP contribution >= 0.6 is 0 Å². The molecular formula is C12H20N4O. The van der Waals surface area contributed by atoms with Crippen LogP contribution in [-0.2, 0) is 4.79 Å². The molecule has 5 heteroatoms. The standard InChI is InChI=1S/C12H20N4O/c1-8(9(2)13)12(17)15-10-7-14-6-5-11(10)16(3)4/h5-9H,13H2,1-4H3,(H,15,17). The van der Waals surface area contributed by atoms with Crippen LogP contribution < -0.4 is 16.0 Å². The van der Waals surface area contributed by atoms with Crippen molar-refractivity contribution < 1.29 is 4.79 Å². The Morgan fingerprint density at radius 3 is 2.65 bits per heavy atom. The van der Waals surface area contributed by atoms with E-state index in [1.54, 1.807) is 12.4 Å². The third-order valence-corrected chi connectivity index (χ3v) is 2.74. The van der Waals surface area contributed by atoms with Crippen molar-refractivity contribution >= 4 is 17.3 Å². The molecule has 1 rings (SSSR count). The molecule has 2 unspecified atom stereocenters. The number of nitrogens with two attached hydrogens (primary N) is 1. The molecule has 5 nitrogen and oxygen atoms in total. The third kappa shape index (κ3) is 3.42. The average molecular weight is 236 g/mol. The van der Waals surface area contributed by atoms with E-state index < -0.39 is 0 Å². The van der Waals surface area contributed by atoms with Crippen molar-refractivity contribution in [2.75, 3.05) is 24.3 Å². The average Bonchev–Trinajstić information content (AvgIpc) is 2.28. The van der Waals surface area contributed by atoms with Gasteiger partial charge in [-0.3, -0.25) is 9.78 Å². The lowest BCUT2D eigenvalue weighted by atomic mass is 10.0. The number of anilines is 2. The highest BCUT2D eigenvalue weighted by Gasteiger charge is 2.18. The van der Waals surface area contributed by atoms with Crippen LogP contribution in [0.5, 0.6) is 0 Å². The van der Waals surface area contributed by atoms with Gasteiger partial charge in [-0.1, -0.05) is 6.92 Å². The fourth-order valence-electron chi connectivity index (χ4n) is 1.36. The molecule has 0 aliphatic heterocycles. The molecule has 1 heterocycles. The summed E-state index contributed by atoms with van der Waals surface area (Å²) in [6.07, 6.45) is 3.33. The monoisotopic (exact) mass is 236 g/mol. The number of aromatic nitrogens is 1. The summed E-state index contributed by atoms with van der Waals surface area (Å²) in [6.45, 7) is 3.63. The first-order valence-electron chi connectivity index (χ1n) is 5.61. The van der Waals surface area contributed by atoms with Crippen LogP contribution in [0.4, 0.5) is 11.4 Å². The highest BCUT2D eigenvalue weighted by atomic mass is 16.1. The topological polar surface area (TPSA) is 71.2 Å². The molecule has 1 amide bonds. The summed E-state index contributed by atoms with van der Waals surface area (Å²) in [4.78, 5) is 17.8. The van der Waals surface area contributed by atoms with Gasteiger partial charge >= 0.3 is 0 Å². The number of carbonyl (C=O) groups excluding carboxylic acids is 1. The summed E-state index contributed by atoms with van der Waals surface area (Å²) >= 11 is 0. The first-order valence-corrected chi connectivity index (χ1v) is 5.61. The molecule has 0 spiro atoms. The van der Waals surface area contributed by atoms with Gasteiger partial charge in [0.1, 0.15) is 0 Å². The van der Waals surface area contributed by atoms with E-state index in [9.17, 15) is 4.79 Å². The Kier molecular flexibility index (Phi) is 4.45. The number of hydrogen-bond acceptors (Lipinski definition) is 4. The summed E-state index contributed by atoms with van der Waals surface area (Å²) in [5.74, 6) is -0.318. The van der Waals surface area contributed by atoms with Crippen LogP contribution in [0.2, 0.25) is 0 Å². The van der Waals surface area contributed by atoms with Crippen molar-refractivity contribution in [3.8, 4) is 0 Å². The van der Waals surface area contributed by atoms with Gasteiger partial charge in [-0.15, -0.1) is 0 Å². The molecule has 94 valence electrons. The van der Waals surface area contributed by atoms with Gasteiger partial charge in [-0.2, -0.15) is 0 Å². The maximum Gasteiger partial charge on any atom is 0.228 e. The molecule has 2 atom stereocenters. The second kappa shape index (κ2) is 5.63. The molecule has 0 radical (unpaired) electrons. The zero-order valence-corrected chi connectivity index (χ0v) is 10.8. The van der Waals surface area contributed by atoms with Crippen LogP contribution in [0.3, 0.4) is 0 Å². The van der Waals surface area contributed by atoms with Crippen molar-refractivity contribution in [2.24, 2.45) is 11.7 Å². The SMILES string of the molecule is CC(N)C(C)C(=O)Nc1cnccc1N(C)C. The first kappa shape index (κ1) is 13.4. The van der Waals surface area contributed by atoms with Crippen molar-refractivity contribution in [3.05, 3.63) is 18.5 Å². The van der Waals surface area contributed by atoms with Gasteiger partial charge in [0.15, 0.2) is 0 Å². The minimum Gasteiger partial charge on any atom is -0.376 e. The Morgan fingerprint density at radius 1 is 1.47 bits per heavy atom. The molecule has 0 aliphatic rings. The van der Waals surface area contributed by atoms with E-state index in [4.69, 9.17) is 5.73 Å². The molecular weight excluding hydrogens is 216 g/mol. The molecule has 0 aromatic carbocycles. The Morgan fingerprint density at radius 2 is 2.12 bits per heavy atom. The largest absolute Gasteiger partial charge is 0.376 e. The fourth-order valence-corrected chi connectivity index (χ4v) is 1.36. The van der Waals surface area contributed by atoms with Crippen molar-refractivity contribution in [1.82, 2.24) is 4.98 Å². The van der Waals surface area contributed by atoms with Gasteiger partial charge in [0.2, 0.25) is 5.91 Å². The molecule has 0 aliphatic carbocycles. The highest BCUT2D eigenvalue weighted by Crippen LogP contribution is 2.22. The van der Waals surface area contributed by atoms with E-state index in [-0.39, 0.29) is 17.9 Å². The Balaban J connectivity index is 2.85. The lowest BCUT2D eigenvalue weighted by molar-refractivity contribution is -0.119. The smallest absolute Gasteiger partial charge is 0.228 e. The predicted molar refractivity (Wildman–Crippen MR) is 70.0 cm³/mol. The number of rotatable bonds is 4. The first-order chi connectivity index (χ1) is 7.93. The third-order valence-electron chi connectivity index (χ3n) is 2.74. The Hall–Kier alpha value is -1.62. The zero-order chi connectivity index (χ0) is 13.0. The van der Waals surface area contributed by atoms with Crippen molar-refractivity contribution in [2.45, 2.75) is 19.9 Å². The Labute approximate surface area is 102 Å². The quantitative estimate of drug-likeness (QED) is 0.820. The van der Waals surface area contributed by atoms with E-state index in [0.717, 1.165) is 5.69 Å². The van der Waals surface area contributed by atoms with Crippen LogP contribution in [0.25, 0.3) is 0 Å². The number of nitrogens with zero attached hydrogens (tertiary/aromatic N) is 2. The minimum absolute atomic E-state index is 0.0869. The van der Waals surface area contributed by atoms with E-state index >= 15 is 0 Å². The lowest BCUT2D eigenvalue weighted by Crippen LogP contribution is -2.34. The summed E-state index contributed by atoms with van der Waals surface area (Å²) < 4.78 is 0. The summed E-state index contributed by atoms with van der Waals surface area (Å²) in [7, 11) is 3.83. The molecule has 3 N–H and O–H groups in total. The van der Waals surface area contributed by atoms with E-state index in [0.29, 0.717) is 5.69 Å². The van der Waals surface area contributed by atoms with E-state index in [2.05, 4.69) is 10.3 Å². The second-order valence-electron chi connectivity index (χ2n) is 4.42. The molecule has 1 aromatic heterocycles. The Bertz CT molecular complexity index is 390. The lowest BCUT2D eigenvalue weighted by Gasteiger charge is -2.20.